The first-order valence-electron chi connectivity index (χ1n) is 5.70. The van der Waals surface area contributed by atoms with E-state index in [9.17, 15) is 4.79 Å². The number of hydrogen-bond acceptors (Lipinski definition) is 3. The van der Waals surface area contributed by atoms with Gasteiger partial charge in [-0.3, -0.25) is 20.3 Å². The fraction of sp³-hybridized carbons (Fsp3) is 0.500. The molecule has 6 nitrogen and oxygen atoms in total. The van der Waals surface area contributed by atoms with E-state index in [2.05, 4.69) is 21.3 Å². The van der Waals surface area contributed by atoms with Crippen molar-refractivity contribution in [2.24, 2.45) is 0 Å². The number of aromatic nitrogens is 2. The second-order valence-electron chi connectivity index (χ2n) is 4.01. The number of rotatable bonds is 3. The Kier molecular flexibility index (Phi) is 4.03. The first-order chi connectivity index (χ1) is 8.60. The molecule has 1 aliphatic rings. The van der Waals surface area contributed by atoms with E-state index in [-0.39, 0.29) is 5.69 Å². The summed E-state index contributed by atoms with van der Waals surface area (Å²) in [7, 11) is 0. The van der Waals surface area contributed by atoms with Crippen molar-refractivity contribution < 1.29 is 4.79 Å². The molecule has 1 heterocycles. The van der Waals surface area contributed by atoms with Crippen LogP contribution >= 0.6 is 23.8 Å². The topological polar surface area (TPSA) is 71.0 Å². The van der Waals surface area contributed by atoms with Crippen LogP contribution in [0.15, 0.2) is 6.20 Å². The Bertz CT molecular complexity index is 471. The maximum absolute atomic E-state index is 11.8. The zero-order valence-electron chi connectivity index (χ0n) is 9.86. The minimum Gasteiger partial charge on any atom is -0.359 e. The molecular formula is C10H14ClN5OS. The first-order valence-corrected chi connectivity index (χ1v) is 6.48. The van der Waals surface area contributed by atoms with Crippen LogP contribution in [-0.4, -0.2) is 26.8 Å². The van der Waals surface area contributed by atoms with Gasteiger partial charge in [-0.1, -0.05) is 11.6 Å². The molecular weight excluding hydrogens is 274 g/mol. The fourth-order valence-corrected chi connectivity index (χ4v) is 1.79. The lowest BCUT2D eigenvalue weighted by Crippen LogP contribution is -2.47. The van der Waals surface area contributed by atoms with Crippen LogP contribution < -0.4 is 16.2 Å². The fourth-order valence-electron chi connectivity index (χ4n) is 1.33. The van der Waals surface area contributed by atoms with Gasteiger partial charge in [0.1, 0.15) is 0 Å². The van der Waals surface area contributed by atoms with Crippen LogP contribution in [0, 0.1) is 0 Å². The highest BCUT2D eigenvalue weighted by Gasteiger charge is 2.22. The maximum atomic E-state index is 11.8. The van der Waals surface area contributed by atoms with E-state index in [1.165, 1.54) is 0 Å². The highest BCUT2D eigenvalue weighted by atomic mass is 35.5. The molecule has 1 amide bonds. The van der Waals surface area contributed by atoms with Gasteiger partial charge in [0.25, 0.3) is 5.91 Å². The van der Waals surface area contributed by atoms with E-state index in [1.54, 1.807) is 10.9 Å². The van der Waals surface area contributed by atoms with Crippen LogP contribution in [-0.2, 0) is 6.54 Å². The molecule has 0 spiro atoms. The van der Waals surface area contributed by atoms with Crippen LogP contribution in [0.2, 0.25) is 5.02 Å². The Morgan fingerprint density at radius 1 is 1.61 bits per heavy atom. The largest absolute Gasteiger partial charge is 0.359 e. The number of carbonyl (C=O) groups excluding carboxylic acids is 1. The minimum absolute atomic E-state index is 0.181. The second-order valence-corrected chi connectivity index (χ2v) is 4.82. The van der Waals surface area contributed by atoms with Gasteiger partial charge in [0.05, 0.1) is 5.02 Å². The van der Waals surface area contributed by atoms with Gasteiger partial charge in [-0.25, -0.2) is 0 Å². The summed E-state index contributed by atoms with van der Waals surface area (Å²) >= 11 is 10.9. The minimum atomic E-state index is -0.410. The zero-order chi connectivity index (χ0) is 13.1. The van der Waals surface area contributed by atoms with E-state index in [1.807, 2.05) is 6.92 Å². The summed E-state index contributed by atoms with van der Waals surface area (Å²) in [6, 6.07) is 0.435. The third kappa shape index (κ3) is 3.33. The molecule has 8 heteroatoms. The van der Waals surface area contributed by atoms with Crippen molar-refractivity contribution in [3.63, 3.8) is 0 Å². The second kappa shape index (κ2) is 5.53. The molecule has 1 aromatic heterocycles. The van der Waals surface area contributed by atoms with Crippen molar-refractivity contribution in [2.75, 3.05) is 0 Å². The summed E-state index contributed by atoms with van der Waals surface area (Å²) in [4.78, 5) is 11.8. The average molecular weight is 288 g/mol. The van der Waals surface area contributed by atoms with Crippen LogP contribution in [0.5, 0.6) is 0 Å². The Balaban J connectivity index is 1.86. The predicted octanol–water partition coefficient (Wildman–Crippen LogP) is 0.828. The number of hydrazine groups is 1. The normalized spacial score (nSPS) is 14.1. The molecule has 1 aliphatic carbocycles. The van der Waals surface area contributed by atoms with Crippen molar-refractivity contribution in [1.29, 1.82) is 0 Å². The Morgan fingerprint density at radius 3 is 2.89 bits per heavy atom. The van der Waals surface area contributed by atoms with E-state index in [0.717, 1.165) is 12.8 Å². The van der Waals surface area contributed by atoms with Gasteiger partial charge in [0, 0.05) is 18.8 Å². The third-order valence-electron chi connectivity index (χ3n) is 2.46. The molecule has 1 saturated carbocycles. The summed E-state index contributed by atoms with van der Waals surface area (Å²) in [6.45, 7) is 2.57. The number of hydrogen-bond donors (Lipinski definition) is 3. The standard InChI is InChI=1S/C10H14ClN5OS/c1-2-16-5-7(11)8(15-16)9(17)13-14-10(18)12-6-3-4-6/h5-6H,2-4H2,1H3,(H,13,17)(H2,12,14,18). The number of nitrogens with zero attached hydrogens (tertiary/aromatic N) is 2. The molecule has 98 valence electrons. The van der Waals surface area contributed by atoms with Crippen LogP contribution in [0.3, 0.4) is 0 Å². The Morgan fingerprint density at radius 2 is 2.33 bits per heavy atom. The molecule has 1 fully saturated rings. The molecule has 0 bridgehead atoms. The predicted molar refractivity (Wildman–Crippen MR) is 72.3 cm³/mol. The smallest absolute Gasteiger partial charge is 0.291 e. The molecule has 18 heavy (non-hydrogen) atoms. The van der Waals surface area contributed by atoms with Gasteiger partial charge < -0.3 is 5.32 Å². The average Bonchev–Trinajstić information content (AvgIpc) is 3.07. The van der Waals surface area contributed by atoms with Crippen LogP contribution in [0.25, 0.3) is 0 Å². The Hall–Kier alpha value is -1.34. The molecule has 1 aromatic rings. The van der Waals surface area contributed by atoms with Gasteiger partial charge in [0.15, 0.2) is 10.8 Å². The monoisotopic (exact) mass is 287 g/mol. The summed E-state index contributed by atoms with van der Waals surface area (Å²) in [5, 5.41) is 7.80. The van der Waals surface area contributed by atoms with E-state index >= 15 is 0 Å². The zero-order valence-corrected chi connectivity index (χ0v) is 11.4. The highest BCUT2D eigenvalue weighted by Crippen LogP contribution is 2.18. The molecule has 2 rings (SSSR count). The van der Waals surface area contributed by atoms with Gasteiger partial charge in [-0.2, -0.15) is 5.10 Å². The van der Waals surface area contributed by atoms with Crippen molar-refractivity contribution in [2.45, 2.75) is 32.4 Å². The molecule has 0 unspecified atom stereocenters. The van der Waals surface area contributed by atoms with Crippen molar-refractivity contribution >= 4 is 34.8 Å². The molecule has 0 aromatic carbocycles. The lowest BCUT2D eigenvalue weighted by molar-refractivity contribution is 0.0938. The first kappa shape index (κ1) is 13.1. The molecule has 0 radical (unpaired) electrons. The molecule has 0 aliphatic heterocycles. The van der Waals surface area contributed by atoms with E-state index < -0.39 is 5.91 Å². The number of halogens is 1. The quantitative estimate of drug-likeness (QED) is 0.567. The lowest BCUT2D eigenvalue weighted by Gasteiger charge is -2.09. The van der Waals surface area contributed by atoms with Gasteiger partial charge in [-0.15, -0.1) is 0 Å². The van der Waals surface area contributed by atoms with Gasteiger partial charge in [0.2, 0.25) is 0 Å². The van der Waals surface area contributed by atoms with Crippen molar-refractivity contribution in [1.82, 2.24) is 25.9 Å². The van der Waals surface area contributed by atoms with Gasteiger partial charge >= 0.3 is 0 Å². The van der Waals surface area contributed by atoms with E-state index in [0.29, 0.717) is 22.7 Å². The van der Waals surface area contributed by atoms with E-state index in [4.69, 9.17) is 23.8 Å². The number of carbonyl (C=O) groups is 1. The summed E-state index contributed by atoms with van der Waals surface area (Å²) in [6.07, 6.45) is 3.84. The number of thiocarbonyl (C=S) groups is 1. The highest BCUT2D eigenvalue weighted by molar-refractivity contribution is 7.80. The number of aryl methyl sites for hydroxylation is 1. The molecule has 0 saturated heterocycles. The third-order valence-corrected chi connectivity index (χ3v) is 2.95. The number of amides is 1. The van der Waals surface area contributed by atoms with Crippen molar-refractivity contribution in [3.8, 4) is 0 Å². The summed E-state index contributed by atoms with van der Waals surface area (Å²) < 4.78 is 1.60. The Labute approximate surface area is 115 Å². The number of nitrogens with one attached hydrogen (secondary N) is 3. The lowest BCUT2D eigenvalue weighted by atomic mass is 10.4. The molecule has 3 N–H and O–H groups in total. The maximum Gasteiger partial charge on any atom is 0.291 e. The van der Waals surface area contributed by atoms with Gasteiger partial charge in [-0.05, 0) is 32.0 Å². The van der Waals surface area contributed by atoms with Crippen LogP contribution in [0.1, 0.15) is 30.3 Å². The molecule has 0 atom stereocenters. The SMILES string of the molecule is CCn1cc(Cl)c(C(=O)NNC(=S)NC2CC2)n1. The summed E-state index contributed by atoms with van der Waals surface area (Å²) in [5.41, 5.74) is 5.26. The van der Waals surface area contributed by atoms with Crippen molar-refractivity contribution in [3.05, 3.63) is 16.9 Å². The van der Waals surface area contributed by atoms with Crippen LogP contribution in [0.4, 0.5) is 0 Å². The summed E-state index contributed by atoms with van der Waals surface area (Å²) in [5.74, 6) is -0.410.